The van der Waals surface area contributed by atoms with E-state index in [2.05, 4.69) is 36.4 Å². The van der Waals surface area contributed by atoms with E-state index in [0.29, 0.717) is 41.8 Å². The Bertz CT molecular complexity index is 1310. The molecule has 9 heteroatoms. The molecule has 2 aromatic carbocycles. The van der Waals surface area contributed by atoms with Crippen LogP contribution in [0.5, 0.6) is 17.2 Å². The molecule has 0 saturated heterocycles. The number of carbonyl (C=O) groups is 1. The highest BCUT2D eigenvalue weighted by atomic mass is 16.5. The van der Waals surface area contributed by atoms with Crippen molar-refractivity contribution in [3.8, 4) is 22.9 Å². The first-order chi connectivity index (χ1) is 17.8. The van der Waals surface area contributed by atoms with Gasteiger partial charge in [0.2, 0.25) is 0 Å². The van der Waals surface area contributed by atoms with Crippen LogP contribution < -0.4 is 20.1 Å². The maximum absolute atomic E-state index is 12.9. The number of benzene rings is 2. The van der Waals surface area contributed by atoms with Crippen molar-refractivity contribution in [1.82, 2.24) is 14.8 Å². The quantitative estimate of drug-likeness (QED) is 0.251. The van der Waals surface area contributed by atoms with Gasteiger partial charge in [-0.05, 0) is 48.5 Å². The van der Waals surface area contributed by atoms with Crippen molar-refractivity contribution in [2.75, 3.05) is 23.8 Å². The summed E-state index contributed by atoms with van der Waals surface area (Å²) in [6.45, 7) is 6.66. The minimum atomic E-state index is -0.405. The van der Waals surface area contributed by atoms with Gasteiger partial charge in [-0.3, -0.25) is 10.3 Å². The maximum Gasteiger partial charge on any atom is 0.324 e. The summed E-state index contributed by atoms with van der Waals surface area (Å²) in [5.74, 6) is 2.44. The second-order valence-electron chi connectivity index (χ2n) is 9.39. The fourth-order valence-electron chi connectivity index (χ4n) is 3.42. The van der Waals surface area contributed by atoms with E-state index < -0.39 is 6.03 Å². The van der Waals surface area contributed by atoms with Crippen LogP contribution in [0, 0.1) is 0 Å². The summed E-state index contributed by atoms with van der Waals surface area (Å²) in [5.41, 5.74) is 1.95. The van der Waals surface area contributed by atoms with Gasteiger partial charge in [-0.2, -0.15) is 5.10 Å². The molecule has 0 fully saturated rings. The number of aromatic nitrogens is 3. The van der Waals surface area contributed by atoms with Gasteiger partial charge < -0.3 is 19.9 Å². The van der Waals surface area contributed by atoms with E-state index in [9.17, 15) is 4.79 Å². The molecule has 3 N–H and O–H groups in total. The van der Waals surface area contributed by atoms with Gasteiger partial charge in [0.05, 0.1) is 24.2 Å². The Morgan fingerprint density at radius 3 is 2.46 bits per heavy atom. The molecule has 0 atom stereocenters. The topological polar surface area (TPSA) is 111 Å². The monoisotopic (exact) mass is 501 g/mol. The molecule has 9 nitrogen and oxygen atoms in total. The van der Waals surface area contributed by atoms with Crippen molar-refractivity contribution in [3.63, 3.8) is 0 Å². The van der Waals surface area contributed by atoms with Crippen molar-refractivity contribution in [1.29, 1.82) is 0 Å². The molecule has 0 aliphatic rings. The number of pyridine rings is 1. The lowest BCUT2D eigenvalue weighted by atomic mass is 9.92. The molecule has 4 rings (SSSR count). The molecule has 2 aromatic heterocycles. The van der Waals surface area contributed by atoms with E-state index in [4.69, 9.17) is 19.7 Å². The van der Waals surface area contributed by atoms with Crippen molar-refractivity contribution in [3.05, 3.63) is 84.8 Å². The zero-order chi connectivity index (χ0) is 26.3. The molecule has 0 unspecified atom stereocenters. The number of hydrogen-bond donors (Lipinski definition) is 3. The summed E-state index contributed by atoms with van der Waals surface area (Å²) >= 11 is 0. The maximum atomic E-state index is 12.9. The van der Waals surface area contributed by atoms with Crippen LogP contribution in [0.3, 0.4) is 0 Å². The van der Waals surface area contributed by atoms with E-state index in [-0.39, 0.29) is 12.0 Å². The molecule has 192 valence electrons. The zero-order valence-corrected chi connectivity index (χ0v) is 21.1. The Balaban J connectivity index is 1.49. The van der Waals surface area contributed by atoms with Crippen molar-refractivity contribution >= 4 is 17.5 Å². The number of anilines is 2. The first-order valence-electron chi connectivity index (χ1n) is 12.0. The zero-order valence-electron chi connectivity index (χ0n) is 21.1. The molecule has 2 amide bonds. The average Bonchev–Trinajstić information content (AvgIpc) is 3.30. The lowest BCUT2D eigenvalue weighted by molar-refractivity contribution is 0.233. The van der Waals surface area contributed by atoms with Crippen molar-refractivity contribution < 1.29 is 19.4 Å². The molecular weight excluding hydrogens is 470 g/mol. The van der Waals surface area contributed by atoms with Gasteiger partial charge >= 0.3 is 6.03 Å². The molecule has 0 aliphatic heterocycles. The van der Waals surface area contributed by atoms with E-state index in [1.165, 1.54) is 0 Å². The molecule has 37 heavy (non-hydrogen) atoms. The second kappa shape index (κ2) is 11.6. The number of carbonyl (C=O) groups excluding carboxylic acids is 1. The number of ether oxygens (including phenoxy) is 2. The Hall–Kier alpha value is -4.37. The van der Waals surface area contributed by atoms with Gasteiger partial charge in [-0.25, -0.2) is 9.48 Å². The molecule has 0 bridgehead atoms. The van der Waals surface area contributed by atoms with Gasteiger partial charge in [0, 0.05) is 42.5 Å². The van der Waals surface area contributed by atoms with Crippen molar-refractivity contribution in [2.24, 2.45) is 0 Å². The van der Waals surface area contributed by atoms with Gasteiger partial charge in [0.15, 0.2) is 0 Å². The summed E-state index contributed by atoms with van der Waals surface area (Å²) in [6, 6.07) is 19.6. The van der Waals surface area contributed by atoms with Crippen LogP contribution >= 0.6 is 0 Å². The normalized spacial score (nSPS) is 11.1. The first-order valence-corrected chi connectivity index (χ1v) is 12.0. The van der Waals surface area contributed by atoms with Crippen LogP contribution in [0.1, 0.15) is 32.9 Å². The van der Waals surface area contributed by atoms with Gasteiger partial charge in [0.25, 0.3) is 0 Å². The highest BCUT2D eigenvalue weighted by Crippen LogP contribution is 2.28. The fraction of sp³-hybridized carbons (Fsp3) is 0.250. The second-order valence-corrected chi connectivity index (χ2v) is 9.39. The molecule has 0 radical (unpaired) electrons. The Kier molecular flexibility index (Phi) is 8.05. The molecule has 4 aromatic rings. The fourth-order valence-corrected chi connectivity index (χ4v) is 3.42. The summed E-state index contributed by atoms with van der Waals surface area (Å²) in [6.07, 6.45) is 3.86. The van der Waals surface area contributed by atoms with E-state index in [1.807, 2.05) is 36.4 Å². The van der Waals surface area contributed by atoms with E-state index in [1.54, 1.807) is 47.4 Å². The van der Waals surface area contributed by atoms with Crippen LogP contribution in [0.25, 0.3) is 5.69 Å². The number of aliphatic hydroxyl groups is 1. The minimum Gasteiger partial charge on any atom is -0.493 e. The predicted molar refractivity (Wildman–Crippen MR) is 143 cm³/mol. The first kappa shape index (κ1) is 25.7. The lowest BCUT2D eigenvalue weighted by Gasteiger charge is -2.14. The summed E-state index contributed by atoms with van der Waals surface area (Å²) in [5, 5.41) is 19.5. The molecule has 0 saturated carbocycles. The number of rotatable bonds is 9. The number of hydrogen-bond acceptors (Lipinski definition) is 6. The number of nitrogens with zero attached hydrogens (tertiary/aromatic N) is 3. The third-order valence-corrected chi connectivity index (χ3v) is 5.34. The van der Waals surface area contributed by atoms with Gasteiger partial charge in [-0.15, -0.1) is 0 Å². The van der Waals surface area contributed by atoms with Crippen LogP contribution in [0.15, 0.2) is 79.1 Å². The van der Waals surface area contributed by atoms with Crippen LogP contribution in [0.4, 0.5) is 16.3 Å². The molecule has 2 heterocycles. The predicted octanol–water partition coefficient (Wildman–Crippen LogP) is 5.76. The van der Waals surface area contributed by atoms with Gasteiger partial charge in [-0.1, -0.05) is 26.8 Å². The summed E-state index contributed by atoms with van der Waals surface area (Å²) in [7, 11) is 0. The Morgan fingerprint density at radius 1 is 0.973 bits per heavy atom. The Labute approximate surface area is 216 Å². The van der Waals surface area contributed by atoms with Crippen LogP contribution in [-0.4, -0.2) is 39.1 Å². The SMILES string of the molecule is CC(C)(C)c1cc(NC(=O)Nc2ccc(Oc3cccnc3)cc2)n(-c2cccc(OCCCO)c2)n1. The number of urea groups is 1. The largest absolute Gasteiger partial charge is 0.493 e. The highest BCUT2D eigenvalue weighted by Gasteiger charge is 2.22. The molecular formula is C28H31N5O4. The highest BCUT2D eigenvalue weighted by molar-refractivity contribution is 5.99. The van der Waals surface area contributed by atoms with Crippen LogP contribution in [0.2, 0.25) is 0 Å². The number of amides is 2. The standard InChI is InChI=1S/C28H31N5O4/c1-28(2,3)25-18-26(33(32-25)21-7-4-8-23(17-21)36-16-6-15-34)31-27(35)30-20-10-12-22(13-11-20)37-24-9-5-14-29-19-24/h4-5,7-14,17-19,34H,6,15-16H2,1-3H3,(H2,30,31,35). The third kappa shape index (κ3) is 7.08. The summed E-state index contributed by atoms with van der Waals surface area (Å²) < 4.78 is 13.1. The minimum absolute atomic E-state index is 0.0667. The Morgan fingerprint density at radius 2 is 1.76 bits per heavy atom. The summed E-state index contributed by atoms with van der Waals surface area (Å²) in [4.78, 5) is 16.9. The smallest absolute Gasteiger partial charge is 0.324 e. The van der Waals surface area contributed by atoms with Crippen LogP contribution in [-0.2, 0) is 5.41 Å². The molecule has 0 spiro atoms. The molecule has 0 aliphatic carbocycles. The lowest BCUT2D eigenvalue weighted by Crippen LogP contribution is -2.21. The number of aliphatic hydroxyl groups excluding tert-OH is 1. The van der Waals surface area contributed by atoms with E-state index >= 15 is 0 Å². The van der Waals surface area contributed by atoms with Gasteiger partial charge in [0.1, 0.15) is 23.1 Å². The third-order valence-electron chi connectivity index (χ3n) is 5.34. The van der Waals surface area contributed by atoms with E-state index in [0.717, 1.165) is 11.4 Å². The average molecular weight is 502 g/mol. The van der Waals surface area contributed by atoms with Crippen molar-refractivity contribution in [2.45, 2.75) is 32.6 Å². The number of nitrogens with one attached hydrogen (secondary N) is 2.